The molecule has 4 nitrogen and oxygen atoms in total. The minimum atomic E-state index is 0.157. The first kappa shape index (κ1) is 15.8. The van der Waals surface area contributed by atoms with Crippen molar-refractivity contribution in [2.45, 2.75) is 26.2 Å². The van der Waals surface area contributed by atoms with Gasteiger partial charge in [0.2, 0.25) is 5.95 Å². The third-order valence-corrected chi connectivity index (χ3v) is 5.00. The molecule has 0 aliphatic rings. The summed E-state index contributed by atoms with van der Waals surface area (Å²) in [6, 6.07) is 14.7. The van der Waals surface area contributed by atoms with Crippen molar-refractivity contribution in [2.24, 2.45) is 0 Å². The van der Waals surface area contributed by atoms with Crippen LogP contribution >= 0.6 is 11.3 Å². The Morgan fingerprint density at radius 2 is 1.84 bits per heavy atom. The molecule has 4 aromatic rings. The zero-order chi connectivity index (χ0) is 17.4. The summed E-state index contributed by atoms with van der Waals surface area (Å²) in [7, 11) is 0. The fourth-order valence-corrected chi connectivity index (χ4v) is 3.39. The van der Waals surface area contributed by atoms with Crippen LogP contribution in [0.3, 0.4) is 0 Å². The molecule has 0 saturated carbocycles. The Balaban J connectivity index is 1.59. The number of nitrogens with zero attached hydrogens (tertiary/aromatic N) is 2. The Morgan fingerprint density at radius 3 is 2.52 bits per heavy atom. The van der Waals surface area contributed by atoms with Gasteiger partial charge < -0.3 is 10.3 Å². The van der Waals surface area contributed by atoms with Gasteiger partial charge in [0.05, 0.1) is 11.0 Å². The van der Waals surface area contributed by atoms with Gasteiger partial charge in [0.1, 0.15) is 5.01 Å². The van der Waals surface area contributed by atoms with E-state index in [4.69, 9.17) is 0 Å². The first-order valence-corrected chi connectivity index (χ1v) is 9.14. The van der Waals surface area contributed by atoms with Crippen molar-refractivity contribution >= 4 is 34.0 Å². The summed E-state index contributed by atoms with van der Waals surface area (Å²) < 4.78 is 0. The number of nitrogens with one attached hydrogen (secondary N) is 2. The number of imidazole rings is 1. The van der Waals surface area contributed by atoms with Crippen molar-refractivity contribution in [3.8, 4) is 10.6 Å². The predicted octanol–water partition coefficient (Wildman–Crippen LogP) is 5.73. The van der Waals surface area contributed by atoms with Crippen LogP contribution in [0.4, 0.5) is 11.6 Å². The quantitative estimate of drug-likeness (QED) is 0.497. The molecule has 2 aromatic carbocycles. The van der Waals surface area contributed by atoms with Crippen LogP contribution in [0.2, 0.25) is 0 Å². The molecule has 0 spiro atoms. The van der Waals surface area contributed by atoms with Gasteiger partial charge >= 0.3 is 0 Å². The Hall–Kier alpha value is -2.66. The SMILES string of the molecule is CC(C)(C)c1ccc(Nc2nc3ccc(-c4nccs4)cc3[nH]2)cc1. The zero-order valence-corrected chi connectivity index (χ0v) is 15.3. The van der Waals surface area contributed by atoms with E-state index in [2.05, 4.69) is 77.4 Å². The molecule has 0 saturated heterocycles. The second kappa shape index (κ2) is 6.01. The highest BCUT2D eigenvalue weighted by Gasteiger charge is 2.13. The van der Waals surface area contributed by atoms with Gasteiger partial charge in [-0.3, -0.25) is 0 Å². The lowest BCUT2D eigenvalue weighted by atomic mass is 9.87. The highest BCUT2D eigenvalue weighted by molar-refractivity contribution is 7.13. The van der Waals surface area contributed by atoms with Gasteiger partial charge in [-0.05, 0) is 41.3 Å². The van der Waals surface area contributed by atoms with Gasteiger partial charge in [0, 0.05) is 22.8 Å². The molecule has 0 aliphatic heterocycles. The second-order valence-electron chi connectivity index (χ2n) is 7.11. The standard InChI is InChI=1S/C20H20N4S/c1-20(2,3)14-5-7-15(8-6-14)22-19-23-16-9-4-13(12-17(16)24-19)18-21-10-11-25-18/h4-12H,1-3H3,(H2,22,23,24). The zero-order valence-electron chi connectivity index (χ0n) is 14.5. The second-order valence-corrected chi connectivity index (χ2v) is 8.00. The van der Waals surface area contributed by atoms with Crippen LogP contribution in [0.5, 0.6) is 0 Å². The summed E-state index contributed by atoms with van der Waals surface area (Å²) in [5.74, 6) is 0.745. The smallest absolute Gasteiger partial charge is 0.205 e. The Bertz CT molecular complexity index is 993. The van der Waals surface area contributed by atoms with Gasteiger partial charge in [-0.15, -0.1) is 11.3 Å². The van der Waals surface area contributed by atoms with E-state index in [1.165, 1.54) is 5.56 Å². The molecule has 0 atom stereocenters. The number of benzene rings is 2. The number of hydrogen-bond acceptors (Lipinski definition) is 4. The normalized spacial score (nSPS) is 11.8. The van der Waals surface area contributed by atoms with Crippen molar-refractivity contribution < 1.29 is 0 Å². The summed E-state index contributed by atoms with van der Waals surface area (Å²) >= 11 is 1.64. The number of hydrogen-bond donors (Lipinski definition) is 2. The van der Waals surface area contributed by atoms with Crippen LogP contribution in [0.25, 0.3) is 21.6 Å². The van der Waals surface area contributed by atoms with E-state index in [1.807, 2.05) is 17.6 Å². The molecule has 2 N–H and O–H groups in total. The van der Waals surface area contributed by atoms with Gasteiger partial charge in [-0.25, -0.2) is 9.97 Å². The van der Waals surface area contributed by atoms with Crippen molar-refractivity contribution in [1.29, 1.82) is 0 Å². The summed E-state index contributed by atoms with van der Waals surface area (Å²) in [4.78, 5) is 12.3. The third kappa shape index (κ3) is 3.28. The molecular formula is C20H20N4S. The number of anilines is 2. The van der Waals surface area contributed by atoms with Crippen LogP contribution in [0, 0.1) is 0 Å². The van der Waals surface area contributed by atoms with Gasteiger partial charge in [0.25, 0.3) is 0 Å². The minimum Gasteiger partial charge on any atom is -0.326 e. The lowest BCUT2D eigenvalue weighted by Gasteiger charge is -2.19. The first-order valence-electron chi connectivity index (χ1n) is 8.26. The van der Waals surface area contributed by atoms with Gasteiger partial charge in [-0.1, -0.05) is 32.9 Å². The lowest BCUT2D eigenvalue weighted by Crippen LogP contribution is -2.10. The number of rotatable bonds is 3. The number of aromatic amines is 1. The summed E-state index contributed by atoms with van der Waals surface area (Å²) in [5, 5.41) is 6.35. The maximum atomic E-state index is 4.62. The fraction of sp³-hybridized carbons (Fsp3) is 0.200. The number of H-pyrrole nitrogens is 1. The third-order valence-electron chi connectivity index (χ3n) is 4.17. The van der Waals surface area contributed by atoms with Crippen LogP contribution < -0.4 is 5.32 Å². The van der Waals surface area contributed by atoms with Crippen LogP contribution in [-0.2, 0) is 5.41 Å². The van der Waals surface area contributed by atoms with E-state index in [0.29, 0.717) is 0 Å². The van der Waals surface area contributed by atoms with E-state index in [1.54, 1.807) is 11.3 Å². The average molecular weight is 348 g/mol. The maximum Gasteiger partial charge on any atom is 0.205 e. The summed E-state index contributed by atoms with van der Waals surface area (Å²) in [5.41, 5.74) is 5.54. The number of fused-ring (bicyclic) bond motifs is 1. The molecule has 0 amide bonds. The molecular weight excluding hydrogens is 328 g/mol. The molecule has 5 heteroatoms. The Kier molecular flexibility index (Phi) is 3.81. The molecule has 0 radical (unpaired) electrons. The van der Waals surface area contributed by atoms with Gasteiger partial charge in [-0.2, -0.15) is 0 Å². The fourth-order valence-electron chi connectivity index (χ4n) is 2.76. The van der Waals surface area contributed by atoms with Crippen molar-refractivity contribution in [3.63, 3.8) is 0 Å². The van der Waals surface area contributed by atoms with Gasteiger partial charge in [0.15, 0.2) is 0 Å². The van der Waals surface area contributed by atoms with Crippen LogP contribution in [-0.4, -0.2) is 15.0 Å². The molecule has 0 bridgehead atoms. The molecule has 0 fully saturated rings. The lowest BCUT2D eigenvalue weighted by molar-refractivity contribution is 0.590. The van der Waals surface area contributed by atoms with E-state index in [9.17, 15) is 0 Å². The van der Waals surface area contributed by atoms with Crippen molar-refractivity contribution in [1.82, 2.24) is 15.0 Å². The molecule has 4 rings (SSSR count). The first-order chi connectivity index (χ1) is 12.0. The molecule has 2 heterocycles. The number of aromatic nitrogens is 3. The number of thiazole rings is 1. The van der Waals surface area contributed by atoms with E-state index < -0.39 is 0 Å². The molecule has 2 aromatic heterocycles. The summed E-state index contributed by atoms with van der Waals surface area (Å²) in [6.45, 7) is 6.65. The Morgan fingerprint density at radius 1 is 1.04 bits per heavy atom. The molecule has 0 aliphatic carbocycles. The minimum absolute atomic E-state index is 0.157. The highest BCUT2D eigenvalue weighted by Crippen LogP contribution is 2.27. The highest BCUT2D eigenvalue weighted by atomic mass is 32.1. The van der Waals surface area contributed by atoms with Crippen LogP contribution in [0.1, 0.15) is 26.3 Å². The summed E-state index contributed by atoms with van der Waals surface area (Å²) in [6.07, 6.45) is 1.82. The molecule has 126 valence electrons. The maximum absolute atomic E-state index is 4.62. The van der Waals surface area contributed by atoms with Crippen molar-refractivity contribution in [2.75, 3.05) is 5.32 Å². The van der Waals surface area contributed by atoms with E-state index >= 15 is 0 Å². The Labute approximate surface area is 151 Å². The van der Waals surface area contributed by atoms with E-state index in [0.717, 1.165) is 33.2 Å². The molecule has 25 heavy (non-hydrogen) atoms. The monoisotopic (exact) mass is 348 g/mol. The topological polar surface area (TPSA) is 53.6 Å². The van der Waals surface area contributed by atoms with Crippen molar-refractivity contribution in [3.05, 3.63) is 59.6 Å². The molecule has 0 unspecified atom stereocenters. The van der Waals surface area contributed by atoms with E-state index in [-0.39, 0.29) is 5.41 Å². The van der Waals surface area contributed by atoms with Crippen LogP contribution in [0.15, 0.2) is 54.0 Å². The predicted molar refractivity (Wildman–Crippen MR) is 106 cm³/mol. The average Bonchev–Trinajstić information content (AvgIpc) is 3.23. The largest absolute Gasteiger partial charge is 0.326 e.